The molecule has 5 saturated carbocycles. The molecular weight excluding hydrogens is 540 g/mol. The molecule has 1 aromatic carbocycles. The molecule has 1 aromatic rings. The second-order valence-corrected chi connectivity index (χ2v) is 16.6. The van der Waals surface area contributed by atoms with Gasteiger partial charge in [-0.3, -0.25) is 4.79 Å². The number of phenols is 1. The zero-order valence-corrected chi connectivity index (χ0v) is 27.0. The van der Waals surface area contributed by atoms with Crippen LogP contribution in [0.1, 0.15) is 110 Å². The van der Waals surface area contributed by atoms with Gasteiger partial charge < -0.3 is 20.1 Å². The number of carboxylic acid groups (broad SMARTS) is 1. The van der Waals surface area contributed by atoms with Gasteiger partial charge >= 0.3 is 11.9 Å². The summed E-state index contributed by atoms with van der Waals surface area (Å²) < 4.78 is 6.38. The summed E-state index contributed by atoms with van der Waals surface area (Å²) in [6, 6.07) is 6.01. The molecular formula is C37H52O6. The molecule has 5 aliphatic rings. The average Bonchev–Trinajstić information content (AvgIpc) is 3.34. The molecule has 0 bridgehead atoms. The highest BCUT2D eigenvalue weighted by Crippen LogP contribution is 2.77. The van der Waals surface area contributed by atoms with Gasteiger partial charge in [-0.05, 0) is 140 Å². The van der Waals surface area contributed by atoms with Gasteiger partial charge in [-0.25, -0.2) is 4.79 Å². The highest BCUT2D eigenvalue weighted by molar-refractivity contribution is 5.90. The molecule has 0 aliphatic heterocycles. The summed E-state index contributed by atoms with van der Waals surface area (Å²) in [4.78, 5) is 27.1. The van der Waals surface area contributed by atoms with Crippen LogP contribution in [0.25, 0.3) is 0 Å². The molecule has 5 fully saturated rings. The second-order valence-electron chi connectivity index (χ2n) is 16.6. The molecule has 0 saturated heterocycles. The molecule has 6 nitrogen and oxygen atoms in total. The molecule has 0 amide bonds. The van der Waals surface area contributed by atoms with Crippen LogP contribution in [0.4, 0.5) is 0 Å². The topological polar surface area (TPSA) is 104 Å². The van der Waals surface area contributed by atoms with Crippen molar-refractivity contribution in [2.75, 3.05) is 0 Å². The maximum Gasteiger partial charge on any atom is 0.338 e. The number of phenolic OH excluding ortho intramolecular Hbond substituents is 1. The molecule has 0 heterocycles. The number of esters is 1. The van der Waals surface area contributed by atoms with E-state index < -0.39 is 23.5 Å². The van der Waals surface area contributed by atoms with E-state index in [1.54, 1.807) is 12.1 Å². The number of ether oxygens (including phenoxy) is 1. The van der Waals surface area contributed by atoms with Crippen LogP contribution in [-0.2, 0) is 9.53 Å². The maximum absolute atomic E-state index is 13.6. The molecule has 5 aliphatic carbocycles. The number of hydrogen-bond donors (Lipinski definition) is 3. The number of carbonyl (C=O) groups excluding carboxylic acids is 1. The first kappa shape index (κ1) is 30.7. The highest BCUT2D eigenvalue weighted by Gasteiger charge is 2.75. The third-order valence-electron chi connectivity index (χ3n) is 14.8. The Morgan fingerprint density at radius 1 is 0.884 bits per heavy atom. The summed E-state index contributed by atoms with van der Waals surface area (Å²) in [5, 5.41) is 31.9. The van der Waals surface area contributed by atoms with E-state index in [1.807, 2.05) is 6.92 Å². The zero-order chi connectivity index (χ0) is 31.3. The van der Waals surface area contributed by atoms with Crippen LogP contribution in [0, 0.1) is 56.7 Å². The highest BCUT2D eigenvalue weighted by atomic mass is 16.5. The predicted octanol–water partition coefficient (Wildman–Crippen LogP) is 7.63. The fourth-order valence-corrected chi connectivity index (χ4v) is 12.5. The molecule has 0 aromatic heterocycles. The first-order valence-electron chi connectivity index (χ1n) is 16.6. The summed E-state index contributed by atoms with van der Waals surface area (Å²) in [6.45, 7) is 18.3. The molecule has 1 unspecified atom stereocenters. The van der Waals surface area contributed by atoms with Crippen molar-refractivity contribution in [2.24, 2.45) is 56.7 Å². The second kappa shape index (κ2) is 9.83. The lowest BCUT2D eigenvalue weighted by atomic mass is 9.32. The summed E-state index contributed by atoms with van der Waals surface area (Å²) >= 11 is 0. The lowest BCUT2D eigenvalue weighted by Gasteiger charge is -2.73. The summed E-state index contributed by atoms with van der Waals surface area (Å²) in [5.74, 6) is -0.309. The monoisotopic (exact) mass is 592 g/mol. The van der Waals surface area contributed by atoms with Gasteiger partial charge in [0.2, 0.25) is 0 Å². The normalized spacial score (nSPS) is 46.4. The molecule has 43 heavy (non-hydrogen) atoms. The van der Waals surface area contributed by atoms with Crippen molar-refractivity contribution in [1.82, 2.24) is 0 Å². The standard InChI is InChI=1S/C37H52O6/c1-21(2)24-14-19-37(32(41)42)29(43-31(40)22-8-10-23(38)11-9-22)20-36(7)25(30(24)37)12-13-27-34(5)17-16-28(39)33(3,4)26(34)15-18-35(27,36)6/h8-11,24-30,38-39H,1,12-20H2,2-7H3,(H,41,42)/t24-,25+,26-,27+,28-,29?,30+,34-,35+,36+,37-/m0/s1. The Labute approximate surface area is 257 Å². The maximum atomic E-state index is 13.6. The van der Waals surface area contributed by atoms with Crippen LogP contribution < -0.4 is 0 Å². The minimum atomic E-state index is -1.15. The van der Waals surface area contributed by atoms with E-state index in [-0.39, 0.29) is 51.3 Å². The van der Waals surface area contributed by atoms with Gasteiger partial charge in [0.1, 0.15) is 17.3 Å². The minimum absolute atomic E-state index is 0.0599. The van der Waals surface area contributed by atoms with Gasteiger partial charge in [0, 0.05) is 0 Å². The number of hydrogen-bond acceptors (Lipinski definition) is 5. The Hall–Kier alpha value is -2.34. The largest absolute Gasteiger partial charge is 0.508 e. The molecule has 6 rings (SSSR count). The number of aliphatic hydroxyl groups is 1. The van der Waals surface area contributed by atoms with Gasteiger partial charge in [-0.2, -0.15) is 0 Å². The fraction of sp³-hybridized carbons (Fsp3) is 0.730. The fourth-order valence-electron chi connectivity index (χ4n) is 12.5. The number of carbonyl (C=O) groups is 2. The Balaban J connectivity index is 1.45. The predicted molar refractivity (Wildman–Crippen MR) is 165 cm³/mol. The number of allylic oxidation sites excluding steroid dienone is 1. The van der Waals surface area contributed by atoms with Crippen molar-refractivity contribution in [3.05, 3.63) is 42.0 Å². The number of benzene rings is 1. The van der Waals surface area contributed by atoms with E-state index in [4.69, 9.17) is 4.74 Å². The first-order valence-corrected chi connectivity index (χ1v) is 16.6. The number of aliphatic hydroxyl groups excluding tert-OH is 1. The lowest BCUT2D eigenvalue weighted by Crippen LogP contribution is -2.69. The summed E-state index contributed by atoms with van der Waals surface area (Å²) in [6.07, 6.45) is 6.69. The van der Waals surface area contributed by atoms with Gasteiger partial charge in [-0.15, -0.1) is 0 Å². The van der Waals surface area contributed by atoms with Crippen molar-refractivity contribution >= 4 is 11.9 Å². The van der Waals surface area contributed by atoms with Crippen LogP contribution in [0.5, 0.6) is 5.75 Å². The van der Waals surface area contributed by atoms with Crippen LogP contribution >= 0.6 is 0 Å². The summed E-state index contributed by atoms with van der Waals surface area (Å²) in [5.41, 5.74) is -0.141. The number of aliphatic carboxylic acids is 1. The van der Waals surface area contributed by atoms with Crippen molar-refractivity contribution in [3.63, 3.8) is 0 Å². The number of aromatic hydroxyl groups is 1. The van der Waals surface area contributed by atoms with E-state index in [2.05, 4.69) is 41.2 Å². The molecule has 236 valence electrons. The minimum Gasteiger partial charge on any atom is -0.508 e. The van der Waals surface area contributed by atoms with Gasteiger partial charge in [0.25, 0.3) is 0 Å². The van der Waals surface area contributed by atoms with Crippen molar-refractivity contribution in [3.8, 4) is 5.75 Å². The van der Waals surface area contributed by atoms with Gasteiger partial charge in [0.05, 0.1) is 11.7 Å². The van der Waals surface area contributed by atoms with E-state index in [0.717, 1.165) is 50.5 Å². The number of rotatable bonds is 4. The molecule has 3 N–H and O–H groups in total. The molecule has 11 atom stereocenters. The molecule has 0 spiro atoms. The number of fused-ring (bicyclic) bond motifs is 7. The van der Waals surface area contributed by atoms with Crippen molar-refractivity contribution < 1.29 is 29.6 Å². The van der Waals surface area contributed by atoms with Crippen LogP contribution in [0.2, 0.25) is 0 Å². The van der Waals surface area contributed by atoms with Crippen molar-refractivity contribution in [2.45, 2.75) is 112 Å². The van der Waals surface area contributed by atoms with Crippen molar-refractivity contribution in [1.29, 1.82) is 0 Å². The summed E-state index contributed by atoms with van der Waals surface area (Å²) in [7, 11) is 0. The van der Waals surface area contributed by atoms with E-state index >= 15 is 0 Å². The smallest absolute Gasteiger partial charge is 0.338 e. The van der Waals surface area contributed by atoms with E-state index in [1.165, 1.54) is 12.1 Å². The quantitative estimate of drug-likeness (QED) is 0.245. The lowest BCUT2D eigenvalue weighted by molar-refractivity contribution is -0.263. The Kier molecular flexibility index (Phi) is 7.01. The van der Waals surface area contributed by atoms with Crippen LogP contribution in [-0.4, -0.2) is 39.5 Å². The Morgan fingerprint density at radius 2 is 1.56 bits per heavy atom. The first-order chi connectivity index (χ1) is 20.0. The average molecular weight is 593 g/mol. The van der Waals surface area contributed by atoms with E-state index in [0.29, 0.717) is 30.2 Å². The molecule has 0 radical (unpaired) electrons. The third-order valence-corrected chi connectivity index (χ3v) is 14.8. The molecule has 6 heteroatoms. The SMILES string of the molecule is C=C(C)[C@@H]1CC[C@]2(C(=O)O)C(OC(=O)c3ccc(O)cc3)C[C@]3(C)[C@H](CC[C@@H]4[C@@]5(C)CC[C@H](O)C(C)(C)[C@@H]5CC[C@]43C)[C@@H]12. The van der Waals surface area contributed by atoms with Crippen LogP contribution in [0.15, 0.2) is 36.4 Å². The van der Waals surface area contributed by atoms with Gasteiger partial charge in [0.15, 0.2) is 0 Å². The third kappa shape index (κ3) is 3.99. The van der Waals surface area contributed by atoms with Gasteiger partial charge in [-0.1, -0.05) is 46.8 Å². The van der Waals surface area contributed by atoms with Crippen LogP contribution in [0.3, 0.4) is 0 Å². The Morgan fingerprint density at radius 3 is 2.19 bits per heavy atom. The Bertz CT molecular complexity index is 1320. The van der Waals surface area contributed by atoms with E-state index in [9.17, 15) is 24.9 Å². The zero-order valence-electron chi connectivity index (χ0n) is 27.0. The number of carboxylic acids is 1.